The number of hydrogen-bond acceptors (Lipinski definition) is 2. The SMILES string of the molecule is c1ccc(-c2ccc(N(c3ccc4cc5c(cc4c3)-c3cc4cc(-n6c7ccccc7c7ccccc76)ccc4cc3-5)c3cccc4c3oc3ccccc34)cc2)cc1. The Kier molecular flexibility index (Phi) is 6.72. The van der Waals surface area contributed by atoms with Crippen LogP contribution in [0.4, 0.5) is 17.1 Å². The van der Waals surface area contributed by atoms with Crippen molar-refractivity contribution in [2.24, 2.45) is 0 Å². The maximum absolute atomic E-state index is 6.64. The second kappa shape index (κ2) is 12.3. The maximum Gasteiger partial charge on any atom is 0.159 e. The lowest BCUT2D eigenvalue weighted by Crippen LogP contribution is -2.10. The van der Waals surface area contributed by atoms with Crippen molar-refractivity contribution < 1.29 is 4.42 Å². The van der Waals surface area contributed by atoms with Crippen molar-refractivity contribution in [3.63, 3.8) is 0 Å². The Balaban J connectivity index is 0.940. The minimum atomic E-state index is 0.874. The Bertz CT molecular complexity index is 3610. The molecule has 12 aromatic rings. The topological polar surface area (TPSA) is 21.3 Å². The number of anilines is 3. The van der Waals surface area contributed by atoms with Crippen LogP contribution in [0.5, 0.6) is 0 Å². The van der Waals surface area contributed by atoms with Gasteiger partial charge in [0, 0.05) is 38.6 Å². The second-order valence-electron chi connectivity index (χ2n) is 15.7. The van der Waals surface area contributed by atoms with E-state index in [0.29, 0.717) is 0 Å². The summed E-state index contributed by atoms with van der Waals surface area (Å²) in [6.07, 6.45) is 0. The van der Waals surface area contributed by atoms with Crippen molar-refractivity contribution in [2.45, 2.75) is 0 Å². The highest BCUT2D eigenvalue weighted by Gasteiger charge is 2.25. The lowest BCUT2D eigenvalue weighted by molar-refractivity contribution is 0.669. The van der Waals surface area contributed by atoms with E-state index in [0.717, 1.165) is 39.0 Å². The molecule has 274 valence electrons. The van der Waals surface area contributed by atoms with Crippen LogP contribution >= 0.6 is 0 Å². The number of rotatable bonds is 5. The van der Waals surface area contributed by atoms with E-state index in [2.05, 4.69) is 210 Å². The molecule has 0 spiro atoms. The smallest absolute Gasteiger partial charge is 0.159 e. The van der Waals surface area contributed by atoms with Crippen molar-refractivity contribution in [1.82, 2.24) is 4.57 Å². The molecule has 0 N–H and O–H groups in total. The Morgan fingerprint density at radius 3 is 1.61 bits per heavy atom. The van der Waals surface area contributed by atoms with Gasteiger partial charge in [-0.2, -0.15) is 0 Å². The molecule has 10 aromatic carbocycles. The molecule has 2 aromatic heterocycles. The molecular formula is C56H34N2O. The fourth-order valence-electron chi connectivity index (χ4n) is 9.65. The van der Waals surface area contributed by atoms with Crippen molar-refractivity contribution in [2.75, 3.05) is 4.90 Å². The van der Waals surface area contributed by atoms with Gasteiger partial charge >= 0.3 is 0 Å². The highest BCUT2D eigenvalue weighted by molar-refractivity contribution is 6.14. The molecular weight excluding hydrogens is 717 g/mol. The molecule has 59 heavy (non-hydrogen) atoms. The summed E-state index contributed by atoms with van der Waals surface area (Å²) in [6, 6.07) is 74.9. The number of benzene rings is 10. The largest absolute Gasteiger partial charge is 0.454 e. The number of hydrogen-bond donors (Lipinski definition) is 0. The zero-order chi connectivity index (χ0) is 38.6. The molecule has 0 saturated carbocycles. The van der Waals surface area contributed by atoms with Crippen LogP contribution in [0.25, 0.3) is 104 Å². The Morgan fingerprint density at radius 1 is 0.356 bits per heavy atom. The van der Waals surface area contributed by atoms with Crippen LogP contribution in [0.3, 0.4) is 0 Å². The number of aromatic nitrogens is 1. The normalized spacial score (nSPS) is 12.1. The van der Waals surface area contributed by atoms with Crippen molar-refractivity contribution in [3.05, 3.63) is 206 Å². The fraction of sp³-hybridized carbons (Fsp3) is 0. The summed E-state index contributed by atoms with van der Waals surface area (Å²) in [4.78, 5) is 2.34. The summed E-state index contributed by atoms with van der Waals surface area (Å²) in [5, 5.41) is 9.70. The molecule has 0 fully saturated rings. The monoisotopic (exact) mass is 750 g/mol. The van der Waals surface area contributed by atoms with Gasteiger partial charge in [-0.25, -0.2) is 0 Å². The van der Waals surface area contributed by atoms with Gasteiger partial charge in [-0.1, -0.05) is 121 Å². The molecule has 0 atom stereocenters. The zero-order valence-corrected chi connectivity index (χ0v) is 31.9. The van der Waals surface area contributed by atoms with Gasteiger partial charge in [0.25, 0.3) is 0 Å². The van der Waals surface area contributed by atoms with E-state index < -0.39 is 0 Å². The predicted octanol–water partition coefficient (Wildman–Crippen LogP) is 15.8. The van der Waals surface area contributed by atoms with Gasteiger partial charge < -0.3 is 13.9 Å². The number of nitrogens with zero attached hydrogens (tertiary/aromatic N) is 2. The third-order valence-electron chi connectivity index (χ3n) is 12.5. The Morgan fingerprint density at radius 2 is 0.898 bits per heavy atom. The summed E-state index contributed by atoms with van der Waals surface area (Å²) in [5.74, 6) is 0. The summed E-state index contributed by atoms with van der Waals surface area (Å²) < 4.78 is 9.04. The van der Waals surface area contributed by atoms with E-state index >= 15 is 0 Å². The first kappa shape index (κ1) is 32.2. The van der Waals surface area contributed by atoms with Crippen molar-refractivity contribution in [1.29, 1.82) is 0 Å². The third-order valence-corrected chi connectivity index (χ3v) is 12.5. The first-order valence-corrected chi connectivity index (χ1v) is 20.2. The van der Waals surface area contributed by atoms with Crippen LogP contribution in [0.15, 0.2) is 211 Å². The standard InChI is InChI=1S/C56H34N2O/c1-2-11-35(12-3-1)36-21-25-41(26-22-36)57(54-19-10-16-47-46-15-6-9-20-55(46)59-56(47)54)42-27-23-37-31-48-49-32-38-24-28-43(30-40(38)34-51(49)50(48)33-39(37)29-42)58-52-17-7-4-13-44(52)45-14-5-8-18-53(45)58/h1-34H. The molecule has 13 rings (SSSR count). The highest BCUT2D eigenvalue weighted by Crippen LogP contribution is 2.51. The van der Waals surface area contributed by atoms with Gasteiger partial charge in [0.1, 0.15) is 5.58 Å². The highest BCUT2D eigenvalue weighted by atomic mass is 16.3. The first-order chi connectivity index (χ1) is 29.2. The second-order valence-corrected chi connectivity index (χ2v) is 15.7. The molecule has 0 bridgehead atoms. The summed E-state index contributed by atoms with van der Waals surface area (Å²) >= 11 is 0. The van der Waals surface area contributed by atoms with E-state index in [4.69, 9.17) is 4.42 Å². The van der Waals surface area contributed by atoms with Crippen molar-refractivity contribution >= 4 is 82.4 Å². The van der Waals surface area contributed by atoms with Gasteiger partial charge in [-0.3, -0.25) is 0 Å². The molecule has 0 radical (unpaired) electrons. The van der Waals surface area contributed by atoms with Crippen LogP contribution in [-0.2, 0) is 0 Å². The third kappa shape index (κ3) is 4.82. The van der Waals surface area contributed by atoms with Crippen LogP contribution in [-0.4, -0.2) is 4.57 Å². The number of fused-ring (bicyclic) bond motifs is 12. The predicted molar refractivity (Wildman–Crippen MR) is 248 cm³/mol. The lowest BCUT2D eigenvalue weighted by Gasteiger charge is -2.28. The minimum absolute atomic E-state index is 0.874. The average Bonchev–Trinajstić information content (AvgIpc) is 3.85. The summed E-state index contributed by atoms with van der Waals surface area (Å²) in [6.45, 7) is 0. The maximum atomic E-state index is 6.64. The minimum Gasteiger partial charge on any atom is -0.454 e. The van der Waals surface area contributed by atoms with Gasteiger partial charge in [-0.15, -0.1) is 0 Å². The van der Waals surface area contributed by atoms with E-state index in [1.165, 1.54) is 82.4 Å². The van der Waals surface area contributed by atoms with Gasteiger partial charge in [0.2, 0.25) is 0 Å². The van der Waals surface area contributed by atoms with Crippen LogP contribution < -0.4 is 4.90 Å². The fourth-order valence-corrected chi connectivity index (χ4v) is 9.65. The van der Waals surface area contributed by atoms with Crippen LogP contribution in [0, 0.1) is 0 Å². The molecule has 0 saturated heterocycles. The quantitative estimate of drug-likeness (QED) is 0.175. The van der Waals surface area contributed by atoms with Gasteiger partial charge in [0.15, 0.2) is 5.58 Å². The Hall–Kier alpha value is -7.88. The van der Waals surface area contributed by atoms with E-state index in [9.17, 15) is 0 Å². The summed E-state index contributed by atoms with van der Waals surface area (Å²) in [7, 11) is 0. The van der Waals surface area contributed by atoms with Crippen LogP contribution in [0.2, 0.25) is 0 Å². The number of furan rings is 1. The average molecular weight is 751 g/mol. The van der Waals surface area contributed by atoms with Gasteiger partial charge in [0.05, 0.1) is 16.7 Å². The van der Waals surface area contributed by atoms with Crippen molar-refractivity contribution in [3.8, 4) is 39.1 Å². The molecule has 2 heterocycles. The Labute approximate surface area is 340 Å². The lowest BCUT2D eigenvalue weighted by atomic mass is 9.78. The molecule has 0 amide bonds. The molecule has 1 aliphatic carbocycles. The number of para-hydroxylation sites is 4. The summed E-state index contributed by atoms with van der Waals surface area (Å²) in [5.41, 5.74) is 16.2. The zero-order valence-electron chi connectivity index (χ0n) is 31.9. The molecule has 3 heteroatoms. The van der Waals surface area contributed by atoms with Crippen LogP contribution in [0.1, 0.15) is 0 Å². The van der Waals surface area contributed by atoms with E-state index in [-0.39, 0.29) is 0 Å². The first-order valence-electron chi connectivity index (χ1n) is 20.2. The molecule has 3 nitrogen and oxygen atoms in total. The van der Waals surface area contributed by atoms with E-state index in [1.54, 1.807) is 0 Å². The molecule has 1 aliphatic rings. The molecule has 0 aliphatic heterocycles. The molecule has 0 unspecified atom stereocenters. The van der Waals surface area contributed by atoms with E-state index in [1.807, 2.05) is 6.07 Å². The van der Waals surface area contributed by atoms with Gasteiger partial charge in [-0.05, 0) is 140 Å².